The molecule has 0 aliphatic heterocycles. The zero-order valence-electron chi connectivity index (χ0n) is 16.2. The van der Waals surface area contributed by atoms with Crippen LogP contribution in [0.1, 0.15) is 15.4 Å². The highest BCUT2D eigenvalue weighted by atomic mass is 35.5. The van der Waals surface area contributed by atoms with E-state index in [1.54, 1.807) is 4.90 Å². The van der Waals surface area contributed by atoms with Crippen LogP contribution in [0.25, 0.3) is 20.4 Å². The van der Waals surface area contributed by atoms with Gasteiger partial charge in [0, 0.05) is 18.1 Å². The number of hydrogen-bond acceptors (Lipinski definition) is 6. The monoisotopic (exact) mass is 466 g/mol. The molecule has 0 saturated heterocycles. The molecule has 0 unspecified atom stereocenters. The van der Waals surface area contributed by atoms with E-state index in [0.717, 1.165) is 32.5 Å². The minimum absolute atomic E-state index is 0. The van der Waals surface area contributed by atoms with Crippen molar-refractivity contribution in [1.82, 2.24) is 14.9 Å². The van der Waals surface area contributed by atoms with E-state index < -0.39 is 0 Å². The number of rotatable bonds is 5. The van der Waals surface area contributed by atoms with E-state index in [1.165, 1.54) is 22.7 Å². The van der Waals surface area contributed by atoms with Crippen molar-refractivity contribution in [2.24, 2.45) is 0 Å². The van der Waals surface area contributed by atoms with Crippen LogP contribution in [0, 0.1) is 6.92 Å². The molecule has 4 aromatic rings. The molecule has 0 atom stereocenters. The van der Waals surface area contributed by atoms with Crippen LogP contribution in [0.15, 0.2) is 36.4 Å². The Kier molecular flexibility index (Phi) is 6.76. The van der Waals surface area contributed by atoms with Crippen molar-refractivity contribution < 1.29 is 4.79 Å². The van der Waals surface area contributed by atoms with Gasteiger partial charge in [-0.1, -0.05) is 35.1 Å². The Balaban J connectivity index is 0.00000240. The maximum absolute atomic E-state index is 13.4. The number of carbonyl (C=O) groups is 1. The minimum Gasteiger partial charge on any atom is -0.308 e. The number of aromatic nitrogens is 2. The molecule has 0 bridgehead atoms. The van der Waals surface area contributed by atoms with Gasteiger partial charge in [0.15, 0.2) is 10.1 Å². The third-order valence-electron chi connectivity index (χ3n) is 4.36. The Morgan fingerprint density at radius 2 is 1.83 bits per heavy atom. The zero-order valence-corrected chi connectivity index (χ0v) is 19.4. The number of thiazole rings is 2. The van der Waals surface area contributed by atoms with E-state index in [4.69, 9.17) is 16.6 Å². The molecule has 4 rings (SSSR count). The van der Waals surface area contributed by atoms with Crippen LogP contribution in [0.3, 0.4) is 0 Å². The number of nitrogens with zero attached hydrogens (tertiary/aromatic N) is 4. The van der Waals surface area contributed by atoms with E-state index >= 15 is 0 Å². The minimum atomic E-state index is -0.120. The van der Waals surface area contributed by atoms with Gasteiger partial charge in [-0.3, -0.25) is 9.69 Å². The lowest BCUT2D eigenvalue weighted by molar-refractivity contribution is 0.0985. The molecular weight excluding hydrogens is 447 g/mol. The third kappa shape index (κ3) is 4.54. The summed E-state index contributed by atoms with van der Waals surface area (Å²) >= 11 is 9.10. The SMILES string of the molecule is Cc1cc(Cl)cc2sc(N(CCN(C)C)C(=O)c3nc4ccccc4s3)nc12.Cl. The van der Waals surface area contributed by atoms with Gasteiger partial charge in [-0.05, 0) is 50.8 Å². The van der Waals surface area contributed by atoms with Crippen LogP contribution in [-0.4, -0.2) is 48.0 Å². The summed E-state index contributed by atoms with van der Waals surface area (Å²) < 4.78 is 1.98. The largest absolute Gasteiger partial charge is 0.308 e. The number of aryl methyl sites for hydroxylation is 1. The average molecular weight is 467 g/mol. The van der Waals surface area contributed by atoms with Gasteiger partial charge in [0.1, 0.15) is 0 Å². The number of benzene rings is 2. The van der Waals surface area contributed by atoms with Crippen molar-refractivity contribution in [2.75, 3.05) is 32.1 Å². The van der Waals surface area contributed by atoms with E-state index in [2.05, 4.69) is 4.98 Å². The maximum atomic E-state index is 13.4. The molecule has 1 amide bonds. The predicted octanol–water partition coefficient (Wildman–Crippen LogP) is 5.50. The highest BCUT2D eigenvalue weighted by molar-refractivity contribution is 7.23. The van der Waals surface area contributed by atoms with Crippen molar-refractivity contribution in [3.8, 4) is 0 Å². The number of anilines is 1. The molecule has 0 aliphatic rings. The summed E-state index contributed by atoms with van der Waals surface area (Å²) in [4.78, 5) is 26.4. The summed E-state index contributed by atoms with van der Waals surface area (Å²) in [5.41, 5.74) is 2.73. The summed E-state index contributed by atoms with van der Waals surface area (Å²) in [5, 5.41) is 1.83. The molecule has 2 aromatic heterocycles. The average Bonchev–Trinajstić information content (AvgIpc) is 3.25. The van der Waals surface area contributed by atoms with Gasteiger partial charge < -0.3 is 4.90 Å². The van der Waals surface area contributed by atoms with Crippen LogP contribution in [0.4, 0.5) is 5.13 Å². The lowest BCUT2D eigenvalue weighted by atomic mass is 10.2. The molecule has 9 heteroatoms. The van der Waals surface area contributed by atoms with Crippen LogP contribution in [0.5, 0.6) is 0 Å². The second-order valence-electron chi connectivity index (χ2n) is 6.81. The van der Waals surface area contributed by atoms with Crippen molar-refractivity contribution in [2.45, 2.75) is 6.92 Å². The van der Waals surface area contributed by atoms with Crippen LogP contribution < -0.4 is 4.90 Å². The molecule has 29 heavy (non-hydrogen) atoms. The first-order chi connectivity index (χ1) is 13.4. The Hall–Kier alpha value is -1.77. The standard InChI is InChI=1S/C20H19ClN4OS2.ClH/c1-12-10-13(21)11-16-17(12)23-20(28-16)25(9-8-24(2)3)19(26)18-22-14-6-4-5-7-15(14)27-18;/h4-7,10-11H,8-9H2,1-3H3;1H. The fourth-order valence-electron chi connectivity index (χ4n) is 2.92. The molecule has 0 fully saturated rings. The molecule has 0 spiro atoms. The maximum Gasteiger partial charge on any atom is 0.289 e. The van der Waals surface area contributed by atoms with E-state index in [9.17, 15) is 4.79 Å². The zero-order chi connectivity index (χ0) is 19.8. The first-order valence-corrected chi connectivity index (χ1v) is 10.8. The van der Waals surface area contributed by atoms with E-state index in [0.29, 0.717) is 21.7 Å². The highest BCUT2D eigenvalue weighted by Gasteiger charge is 2.24. The first-order valence-electron chi connectivity index (χ1n) is 8.81. The fourth-order valence-corrected chi connectivity index (χ4v) is 5.28. The summed E-state index contributed by atoms with van der Waals surface area (Å²) in [7, 11) is 3.98. The quantitative estimate of drug-likeness (QED) is 0.389. The molecule has 2 aromatic carbocycles. The molecule has 0 N–H and O–H groups in total. The molecule has 0 aliphatic carbocycles. The van der Waals surface area contributed by atoms with Gasteiger partial charge >= 0.3 is 0 Å². The van der Waals surface area contributed by atoms with Crippen LogP contribution >= 0.6 is 46.7 Å². The normalized spacial score (nSPS) is 11.2. The van der Waals surface area contributed by atoms with E-state index in [1.807, 2.05) is 62.3 Å². The van der Waals surface area contributed by atoms with Gasteiger partial charge in [0.2, 0.25) is 0 Å². The molecular formula is C20H20Cl2N4OS2. The van der Waals surface area contributed by atoms with Gasteiger partial charge in [-0.25, -0.2) is 9.97 Å². The number of halogens is 2. The fraction of sp³-hybridized carbons (Fsp3) is 0.250. The first kappa shape index (κ1) is 21.9. The Labute approximate surface area is 188 Å². The van der Waals surface area contributed by atoms with Crippen LogP contribution in [-0.2, 0) is 0 Å². The summed E-state index contributed by atoms with van der Waals surface area (Å²) in [6.45, 7) is 3.25. The Bertz CT molecular complexity index is 1140. The predicted molar refractivity (Wildman–Crippen MR) is 126 cm³/mol. The van der Waals surface area contributed by atoms with Crippen molar-refractivity contribution in [3.63, 3.8) is 0 Å². The van der Waals surface area contributed by atoms with Gasteiger partial charge in [-0.15, -0.1) is 23.7 Å². The molecule has 152 valence electrons. The topological polar surface area (TPSA) is 49.3 Å². The van der Waals surface area contributed by atoms with Crippen molar-refractivity contribution in [3.05, 3.63) is 52.0 Å². The number of carbonyl (C=O) groups excluding carboxylic acids is 1. The summed E-state index contributed by atoms with van der Waals surface area (Å²) in [5.74, 6) is -0.120. The summed E-state index contributed by atoms with van der Waals surface area (Å²) in [6.07, 6.45) is 0. The molecule has 0 radical (unpaired) electrons. The van der Waals surface area contributed by atoms with E-state index in [-0.39, 0.29) is 18.3 Å². The van der Waals surface area contributed by atoms with Gasteiger partial charge in [0.05, 0.1) is 20.4 Å². The second kappa shape index (κ2) is 8.93. The molecule has 2 heterocycles. The smallest absolute Gasteiger partial charge is 0.289 e. The highest BCUT2D eigenvalue weighted by Crippen LogP contribution is 2.34. The number of hydrogen-bond donors (Lipinski definition) is 0. The second-order valence-corrected chi connectivity index (χ2v) is 9.29. The van der Waals surface area contributed by atoms with Crippen molar-refractivity contribution in [1.29, 1.82) is 0 Å². The lowest BCUT2D eigenvalue weighted by Gasteiger charge is -2.20. The Morgan fingerprint density at radius 3 is 2.55 bits per heavy atom. The molecule has 0 saturated carbocycles. The number of para-hydroxylation sites is 1. The van der Waals surface area contributed by atoms with Crippen LogP contribution in [0.2, 0.25) is 5.02 Å². The third-order valence-corrected chi connectivity index (χ3v) is 6.63. The van der Waals surface area contributed by atoms with Gasteiger partial charge in [-0.2, -0.15) is 0 Å². The lowest BCUT2D eigenvalue weighted by Crippen LogP contribution is -2.36. The molecule has 5 nitrogen and oxygen atoms in total. The van der Waals surface area contributed by atoms with Crippen molar-refractivity contribution >= 4 is 78.2 Å². The number of likely N-dealkylation sites (N-methyl/N-ethyl adjacent to an activating group) is 1. The summed E-state index contributed by atoms with van der Waals surface area (Å²) in [6, 6.07) is 11.6. The Morgan fingerprint density at radius 1 is 1.07 bits per heavy atom. The number of amides is 1. The van der Waals surface area contributed by atoms with Gasteiger partial charge in [0.25, 0.3) is 5.91 Å². The number of fused-ring (bicyclic) bond motifs is 2.